The van der Waals surface area contributed by atoms with Crippen LogP contribution in [0, 0.1) is 5.92 Å². The molecule has 0 bridgehead atoms. The van der Waals surface area contributed by atoms with Gasteiger partial charge in [0.1, 0.15) is 12.2 Å². The highest BCUT2D eigenvalue weighted by Gasteiger charge is 2.22. The summed E-state index contributed by atoms with van der Waals surface area (Å²) in [6.07, 6.45) is 8.97. The SMILES string of the molecule is CCCNC(Cc1ncnn1C(C)C)C(CCC)CCC. The lowest BCUT2D eigenvalue weighted by Gasteiger charge is -2.28. The Morgan fingerprint density at radius 2 is 1.76 bits per heavy atom. The van der Waals surface area contributed by atoms with E-state index in [0.717, 1.165) is 24.7 Å². The third-order valence-electron chi connectivity index (χ3n) is 4.08. The van der Waals surface area contributed by atoms with E-state index in [2.05, 4.69) is 54.7 Å². The van der Waals surface area contributed by atoms with Crippen LogP contribution in [0.1, 0.15) is 78.6 Å². The van der Waals surface area contributed by atoms with Crippen LogP contribution in [0.25, 0.3) is 0 Å². The minimum atomic E-state index is 0.380. The van der Waals surface area contributed by atoms with Crippen LogP contribution in [0.2, 0.25) is 0 Å². The van der Waals surface area contributed by atoms with Crippen LogP contribution in [-0.4, -0.2) is 27.4 Å². The van der Waals surface area contributed by atoms with Gasteiger partial charge in [-0.15, -0.1) is 0 Å². The first-order valence-electron chi connectivity index (χ1n) is 8.75. The van der Waals surface area contributed by atoms with Crippen molar-refractivity contribution < 1.29 is 0 Å². The molecule has 0 aliphatic rings. The Labute approximate surface area is 130 Å². The predicted octanol–water partition coefficient (Wildman–Crippen LogP) is 3.99. The van der Waals surface area contributed by atoms with E-state index in [1.807, 2.05) is 0 Å². The summed E-state index contributed by atoms with van der Waals surface area (Å²) >= 11 is 0. The van der Waals surface area contributed by atoms with Crippen molar-refractivity contribution in [3.8, 4) is 0 Å². The zero-order valence-corrected chi connectivity index (χ0v) is 14.6. The van der Waals surface area contributed by atoms with E-state index in [4.69, 9.17) is 0 Å². The molecule has 0 aliphatic heterocycles. The number of rotatable bonds is 11. The maximum absolute atomic E-state index is 4.50. The third kappa shape index (κ3) is 5.77. The Kier molecular flexibility index (Phi) is 8.58. The molecular weight excluding hydrogens is 260 g/mol. The van der Waals surface area contributed by atoms with Crippen molar-refractivity contribution in [3.63, 3.8) is 0 Å². The zero-order chi connectivity index (χ0) is 15.7. The maximum atomic E-state index is 4.50. The van der Waals surface area contributed by atoms with Crippen molar-refractivity contribution in [2.75, 3.05) is 6.54 Å². The van der Waals surface area contributed by atoms with E-state index < -0.39 is 0 Å². The molecule has 0 saturated heterocycles. The van der Waals surface area contributed by atoms with Crippen molar-refractivity contribution in [2.24, 2.45) is 5.92 Å². The molecule has 1 unspecified atom stereocenters. The highest BCUT2D eigenvalue weighted by Crippen LogP contribution is 2.21. The molecule has 4 nitrogen and oxygen atoms in total. The number of nitrogens with zero attached hydrogens (tertiary/aromatic N) is 3. The first-order chi connectivity index (χ1) is 10.1. The molecule has 0 spiro atoms. The topological polar surface area (TPSA) is 42.7 Å². The largest absolute Gasteiger partial charge is 0.313 e. The molecule has 1 atom stereocenters. The van der Waals surface area contributed by atoms with Gasteiger partial charge in [-0.2, -0.15) is 5.10 Å². The lowest BCUT2D eigenvalue weighted by Crippen LogP contribution is -2.39. The van der Waals surface area contributed by atoms with Gasteiger partial charge >= 0.3 is 0 Å². The summed E-state index contributed by atoms with van der Waals surface area (Å²) in [4.78, 5) is 4.50. The molecule has 0 radical (unpaired) electrons. The highest BCUT2D eigenvalue weighted by atomic mass is 15.3. The zero-order valence-electron chi connectivity index (χ0n) is 14.6. The highest BCUT2D eigenvalue weighted by molar-refractivity contribution is 4.93. The van der Waals surface area contributed by atoms with E-state index >= 15 is 0 Å². The lowest BCUT2D eigenvalue weighted by molar-refractivity contribution is 0.300. The lowest BCUT2D eigenvalue weighted by atomic mass is 9.88. The predicted molar refractivity (Wildman–Crippen MR) is 89.5 cm³/mol. The van der Waals surface area contributed by atoms with Crippen LogP contribution in [0.15, 0.2) is 6.33 Å². The standard InChI is InChI=1S/C17H34N4/c1-6-9-15(10-7-2)16(18-11-8-3)12-17-19-13-20-21(17)14(4)5/h13-16,18H,6-12H2,1-5H3. The van der Waals surface area contributed by atoms with Crippen LogP contribution < -0.4 is 5.32 Å². The molecule has 0 aromatic carbocycles. The molecule has 1 rings (SSSR count). The van der Waals surface area contributed by atoms with Gasteiger partial charge in [-0.1, -0.05) is 33.6 Å². The summed E-state index contributed by atoms with van der Waals surface area (Å²) in [6, 6.07) is 0.900. The minimum Gasteiger partial charge on any atom is -0.313 e. The molecule has 0 fully saturated rings. The van der Waals surface area contributed by atoms with Crippen LogP contribution in [0.4, 0.5) is 0 Å². The van der Waals surface area contributed by atoms with Crippen molar-refractivity contribution in [2.45, 2.75) is 85.2 Å². The van der Waals surface area contributed by atoms with E-state index in [1.165, 1.54) is 32.1 Å². The number of nitrogens with one attached hydrogen (secondary N) is 1. The second kappa shape index (κ2) is 9.93. The first-order valence-corrected chi connectivity index (χ1v) is 8.75. The third-order valence-corrected chi connectivity index (χ3v) is 4.08. The summed E-state index contributed by atoms with van der Waals surface area (Å²) in [5, 5.41) is 8.14. The fourth-order valence-electron chi connectivity index (χ4n) is 3.07. The molecule has 4 heteroatoms. The van der Waals surface area contributed by atoms with Crippen LogP contribution in [-0.2, 0) is 6.42 Å². The summed E-state index contributed by atoms with van der Waals surface area (Å²) in [6.45, 7) is 12.2. The van der Waals surface area contributed by atoms with Gasteiger partial charge in [0.25, 0.3) is 0 Å². The number of aromatic nitrogens is 3. The Bertz CT molecular complexity index is 367. The normalized spacial score (nSPS) is 13.3. The average Bonchev–Trinajstić information content (AvgIpc) is 2.91. The number of hydrogen-bond acceptors (Lipinski definition) is 3. The fourth-order valence-corrected chi connectivity index (χ4v) is 3.07. The Morgan fingerprint density at radius 3 is 2.29 bits per heavy atom. The van der Waals surface area contributed by atoms with Gasteiger partial charge < -0.3 is 5.32 Å². The van der Waals surface area contributed by atoms with Gasteiger partial charge in [0.2, 0.25) is 0 Å². The second-order valence-electron chi connectivity index (χ2n) is 6.32. The summed E-state index contributed by atoms with van der Waals surface area (Å²) in [5.41, 5.74) is 0. The summed E-state index contributed by atoms with van der Waals surface area (Å²) in [7, 11) is 0. The first kappa shape index (κ1) is 18.1. The maximum Gasteiger partial charge on any atom is 0.138 e. The van der Waals surface area contributed by atoms with Crippen molar-refractivity contribution in [1.82, 2.24) is 20.1 Å². The van der Waals surface area contributed by atoms with Crippen LogP contribution in [0.5, 0.6) is 0 Å². The second-order valence-corrected chi connectivity index (χ2v) is 6.32. The van der Waals surface area contributed by atoms with Crippen LogP contribution in [0.3, 0.4) is 0 Å². The fraction of sp³-hybridized carbons (Fsp3) is 0.882. The van der Waals surface area contributed by atoms with Gasteiger partial charge in [0.15, 0.2) is 0 Å². The van der Waals surface area contributed by atoms with E-state index in [-0.39, 0.29) is 0 Å². The molecule has 0 amide bonds. The smallest absolute Gasteiger partial charge is 0.138 e. The quantitative estimate of drug-likeness (QED) is 0.671. The monoisotopic (exact) mass is 294 g/mol. The van der Waals surface area contributed by atoms with Gasteiger partial charge in [-0.05, 0) is 45.6 Å². The molecule has 1 N–H and O–H groups in total. The molecule has 1 aromatic heterocycles. The van der Waals surface area contributed by atoms with Crippen molar-refractivity contribution in [3.05, 3.63) is 12.2 Å². The van der Waals surface area contributed by atoms with E-state index in [0.29, 0.717) is 12.1 Å². The van der Waals surface area contributed by atoms with E-state index in [1.54, 1.807) is 6.33 Å². The van der Waals surface area contributed by atoms with Gasteiger partial charge in [-0.3, -0.25) is 0 Å². The van der Waals surface area contributed by atoms with E-state index in [9.17, 15) is 0 Å². The van der Waals surface area contributed by atoms with Crippen LogP contribution >= 0.6 is 0 Å². The molecule has 0 saturated carbocycles. The van der Waals surface area contributed by atoms with Gasteiger partial charge in [0.05, 0.1) is 0 Å². The number of hydrogen-bond donors (Lipinski definition) is 1. The molecule has 1 aromatic rings. The minimum absolute atomic E-state index is 0.380. The van der Waals surface area contributed by atoms with Crippen molar-refractivity contribution in [1.29, 1.82) is 0 Å². The average molecular weight is 294 g/mol. The summed E-state index contributed by atoms with van der Waals surface area (Å²) < 4.78 is 2.07. The van der Waals surface area contributed by atoms with Gasteiger partial charge in [-0.25, -0.2) is 9.67 Å². The summed E-state index contributed by atoms with van der Waals surface area (Å²) in [5.74, 6) is 1.86. The Balaban J connectivity index is 2.82. The van der Waals surface area contributed by atoms with Gasteiger partial charge in [0, 0.05) is 18.5 Å². The van der Waals surface area contributed by atoms with Crippen molar-refractivity contribution >= 4 is 0 Å². The molecule has 1 heterocycles. The molecule has 21 heavy (non-hydrogen) atoms. The molecule has 0 aliphatic carbocycles. The Hall–Kier alpha value is -0.900. The molecular formula is C17H34N4. The Morgan fingerprint density at radius 1 is 1.10 bits per heavy atom. The molecule has 122 valence electrons.